The summed E-state index contributed by atoms with van der Waals surface area (Å²) in [5, 5.41) is 0. The van der Waals surface area contributed by atoms with E-state index in [-0.39, 0.29) is 16.5 Å². The number of hydrogen-bond acceptors (Lipinski definition) is 0. The Hall–Kier alpha value is -2.87. The molecule has 1 aliphatic rings. The topological polar surface area (TPSA) is 25.3 Å². The molecule has 79 heavy (non-hydrogen) atoms. The minimum absolute atomic E-state index is 0. The molecule has 0 radical (unpaired) electrons. The Morgan fingerprint density at radius 3 is 0.810 bits per heavy atom. The molecular weight excluding hydrogens is 1000 g/mol. The second-order valence-electron chi connectivity index (χ2n) is 23.7. The molecule has 0 bridgehead atoms. The van der Waals surface area contributed by atoms with Gasteiger partial charge in [-0.2, -0.15) is 0 Å². The van der Waals surface area contributed by atoms with Gasteiger partial charge in [-0.25, -0.2) is 4.70 Å². The molecule has 2 nitrogen and oxygen atoms in total. The minimum Gasteiger partial charge on any atom is -0.694 e. The molecule has 0 fully saturated rings. The van der Waals surface area contributed by atoms with E-state index in [2.05, 4.69) is 102 Å². The molecule has 3 heteroatoms. The van der Waals surface area contributed by atoms with E-state index in [0.717, 1.165) is 86.7 Å². The third-order valence-electron chi connectivity index (χ3n) is 16.3. The van der Waals surface area contributed by atoms with Crippen LogP contribution in [0.15, 0.2) is 59.7 Å². The van der Waals surface area contributed by atoms with Crippen LogP contribution in [0.2, 0.25) is 0 Å². The number of hydrogen-bond donors (Lipinski definition) is 0. The Morgan fingerprint density at radius 1 is 0.316 bits per heavy atom. The van der Waals surface area contributed by atoms with Crippen molar-refractivity contribution in [3.8, 4) is 11.8 Å². The van der Waals surface area contributed by atoms with Crippen LogP contribution >= 0.6 is 0 Å². The van der Waals surface area contributed by atoms with Crippen LogP contribution in [0.5, 0.6) is 0 Å². The summed E-state index contributed by atoms with van der Waals surface area (Å²) in [6.07, 6.45) is 79.5. The molecular formula is C76H126N2Ni. The Kier molecular flexibility index (Phi) is 56.2. The first-order valence-electron chi connectivity index (χ1n) is 34.4. The monoisotopic (exact) mass is 1120 g/mol. The minimum atomic E-state index is 0. The van der Waals surface area contributed by atoms with Crippen molar-refractivity contribution in [1.29, 1.82) is 0 Å². The first-order valence-corrected chi connectivity index (χ1v) is 34.4. The fourth-order valence-corrected chi connectivity index (χ4v) is 11.3. The van der Waals surface area contributed by atoms with E-state index in [9.17, 15) is 5.53 Å². The van der Waals surface area contributed by atoms with Gasteiger partial charge in [0, 0.05) is 22.3 Å². The molecule has 0 saturated carbocycles. The molecule has 0 aromatic heterocycles. The van der Waals surface area contributed by atoms with Gasteiger partial charge in [0.15, 0.2) is 0 Å². The van der Waals surface area contributed by atoms with Gasteiger partial charge in [-0.3, -0.25) is 0 Å². The predicted molar refractivity (Wildman–Crippen MR) is 348 cm³/mol. The summed E-state index contributed by atoms with van der Waals surface area (Å²) in [7, 11) is 0. The molecule has 0 N–H and O–H groups in total. The van der Waals surface area contributed by atoms with E-state index in [1.54, 1.807) is 4.70 Å². The maximum absolute atomic E-state index is 11.9. The molecule has 0 atom stereocenters. The predicted octanol–water partition coefficient (Wildman–Crippen LogP) is 25.9. The van der Waals surface area contributed by atoms with Crippen molar-refractivity contribution in [3.05, 3.63) is 100 Å². The molecule has 2 aromatic carbocycles. The summed E-state index contributed by atoms with van der Waals surface area (Å²) >= 11 is 0. The third kappa shape index (κ3) is 40.9. The van der Waals surface area contributed by atoms with Crippen LogP contribution in [-0.2, 0) is 29.3 Å². The standard InChI is InChI=1S/C36H52N2.2C20H37.Ni/c1-5-9-13-15-19-29-21-17-23-31(27-29)35-33(25-11-7-3)34(26-12-8-4)36(38(35)37)32-24-18-22-30(28-32)20-16-14-10-6-2;2*1-3-5-7-9-11-13-15-17-19-20-18-16-14-12-10-8-6-4-2;/h17-18,21-24,27-28H,5-16,19-20,25-26H2,1-4H3;2*3,5-20H2,1H3;/q;2*-1;+2. The van der Waals surface area contributed by atoms with Crippen molar-refractivity contribution in [3.63, 3.8) is 0 Å². The first-order chi connectivity index (χ1) is 38.5. The summed E-state index contributed by atoms with van der Waals surface area (Å²) in [4.78, 5) is 0. The molecule has 0 saturated heterocycles. The van der Waals surface area contributed by atoms with Crippen LogP contribution in [0, 0.1) is 24.7 Å². The van der Waals surface area contributed by atoms with Gasteiger partial charge in [-0.15, -0.1) is 0 Å². The summed E-state index contributed by atoms with van der Waals surface area (Å²) < 4.78 is 1.56. The van der Waals surface area contributed by atoms with Crippen molar-refractivity contribution in [2.45, 2.75) is 363 Å². The molecule has 1 heterocycles. The van der Waals surface area contributed by atoms with Gasteiger partial charge in [-0.1, -0.05) is 310 Å². The summed E-state index contributed by atoms with van der Waals surface area (Å²) in [6, 6.07) is 17.9. The maximum atomic E-state index is 11.9. The number of allylic oxidation sites excluding steroid dienone is 2. The van der Waals surface area contributed by atoms with Gasteiger partial charge in [0.05, 0.1) is 0 Å². The molecule has 1 aliphatic heterocycles. The third-order valence-corrected chi connectivity index (χ3v) is 16.3. The Labute approximate surface area is 504 Å². The zero-order valence-electron chi connectivity index (χ0n) is 53.2. The fourth-order valence-electron chi connectivity index (χ4n) is 11.3. The number of benzene rings is 2. The molecule has 0 spiro atoms. The van der Waals surface area contributed by atoms with E-state index in [4.69, 9.17) is 12.8 Å². The van der Waals surface area contributed by atoms with E-state index < -0.39 is 0 Å². The van der Waals surface area contributed by atoms with E-state index in [1.165, 1.54) is 279 Å². The Bertz CT molecular complexity index is 1700. The van der Waals surface area contributed by atoms with Gasteiger partial charge in [0.25, 0.3) is 0 Å². The van der Waals surface area contributed by atoms with Crippen LogP contribution in [0.3, 0.4) is 0 Å². The first kappa shape index (κ1) is 76.1. The maximum Gasteiger partial charge on any atom is 2.00 e. The van der Waals surface area contributed by atoms with Crippen LogP contribution < -0.4 is 0 Å². The van der Waals surface area contributed by atoms with Crippen LogP contribution in [-0.4, -0.2) is 4.70 Å². The Balaban J connectivity index is 0.00000126. The van der Waals surface area contributed by atoms with Crippen molar-refractivity contribution >= 4 is 11.4 Å². The van der Waals surface area contributed by atoms with Gasteiger partial charge in [0.2, 0.25) is 11.4 Å². The van der Waals surface area contributed by atoms with E-state index in [1.807, 2.05) is 0 Å². The molecule has 0 amide bonds. The van der Waals surface area contributed by atoms with Gasteiger partial charge in [0.1, 0.15) is 0 Å². The largest absolute Gasteiger partial charge is 2.00 e. The number of aryl methyl sites for hydroxylation is 2. The number of rotatable bonds is 50. The number of unbranched alkanes of at least 4 members (excludes halogenated alkanes) is 40. The van der Waals surface area contributed by atoms with Crippen molar-refractivity contribution in [1.82, 2.24) is 0 Å². The molecule has 450 valence electrons. The smallest absolute Gasteiger partial charge is 0.694 e. The van der Waals surface area contributed by atoms with Crippen LogP contribution in [0.25, 0.3) is 16.9 Å². The average Bonchev–Trinajstić information content (AvgIpc) is 3.80. The normalized spacial score (nSPS) is 12.0. The van der Waals surface area contributed by atoms with E-state index in [0.29, 0.717) is 0 Å². The molecule has 0 aliphatic carbocycles. The second kappa shape index (κ2) is 58.3. The SMILES string of the molecule is CCCCCCc1cccc(C2=C(CCCC)C(CCCC)=C(c3cccc(CCCCCC)c3)[N+]2=[N-])c1.[C-]#CCCCCCCCCCCCCCCCCCC.[C-]#CCCCCCCCCCCCCCCCCCC.[Ni+2]. The van der Waals surface area contributed by atoms with Gasteiger partial charge in [-0.05, 0) is 112 Å². The van der Waals surface area contributed by atoms with Crippen LogP contribution in [0.1, 0.15) is 372 Å². The zero-order valence-corrected chi connectivity index (χ0v) is 54.2. The Morgan fingerprint density at radius 2 is 0.557 bits per heavy atom. The van der Waals surface area contributed by atoms with Crippen molar-refractivity contribution in [2.75, 3.05) is 0 Å². The summed E-state index contributed by atoms with van der Waals surface area (Å²) in [6.45, 7) is 13.6. The summed E-state index contributed by atoms with van der Waals surface area (Å²) in [5.41, 5.74) is 21.7. The van der Waals surface area contributed by atoms with Gasteiger partial charge < -0.3 is 30.2 Å². The summed E-state index contributed by atoms with van der Waals surface area (Å²) in [5.74, 6) is 4.93. The fraction of sp³-hybridized carbons (Fsp3) is 0.737. The number of nitrogens with zero attached hydrogens (tertiary/aromatic N) is 2. The van der Waals surface area contributed by atoms with Gasteiger partial charge >= 0.3 is 16.5 Å². The van der Waals surface area contributed by atoms with E-state index >= 15 is 0 Å². The molecule has 3 rings (SSSR count). The van der Waals surface area contributed by atoms with Crippen molar-refractivity contribution < 1.29 is 21.2 Å². The van der Waals surface area contributed by atoms with Crippen LogP contribution in [0.4, 0.5) is 0 Å². The quantitative estimate of drug-likeness (QED) is 0.0207. The molecule has 0 unspecified atom stereocenters. The zero-order chi connectivity index (χ0) is 56.6. The second-order valence-corrected chi connectivity index (χ2v) is 23.7. The van der Waals surface area contributed by atoms with Crippen molar-refractivity contribution in [2.24, 2.45) is 0 Å². The molecule has 2 aromatic rings. The average molecular weight is 1130 g/mol.